The number of halogens is 3. The van der Waals surface area contributed by atoms with Crippen molar-refractivity contribution < 1.29 is 31.8 Å². The lowest BCUT2D eigenvalue weighted by molar-refractivity contribution is -0.154. The summed E-state index contributed by atoms with van der Waals surface area (Å²) in [5.41, 5.74) is 0.189. The van der Waals surface area contributed by atoms with Crippen molar-refractivity contribution in [2.24, 2.45) is 0 Å². The van der Waals surface area contributed by atoms with Gasteiger partial charge in [-0.3, -0.25) is 14.7 Å². The standard InChI is InChI=1S/C26H21F3N2O5/c1-2-33-20-5-3-4-6-21(20)35-24-22(32)17-7-8-19-18(23(17)36-25(24)26(27,28)29)14-31(15-34-19)13-16-9-11-30-12-10-16/h3-12H,2,13-15H2,1H3. The topological polar surface area (TPSA) is 74.0 Å². The average molecular weight is 498 g/mol. The van der Waals surface area contributed by atoms with Gasteiger partial charge in [0.25, 0.3) is 5.76 Å². The number of pyridine rings is 1. The zero-order valence-electron chi connectivity index (χ0n) is 19.2. The Kier molecular flexibility index (Phi) is 6.27. The van der Waals surface area contributed by atoms with Gasteiger partial charge in [0.1, 0.15) is 18.1 Å². The van der Waals surface area contributed by atoms with E-state index < -0.39 is 23.1 Å². The molecular formula is C26H21F3N2O5. The predicted octanol–water partition coefficient (Wildman–Crippen LogP) is 5.75. The quantitative estimate of drug-likeness (QED) is 0.335. The number of hydrogen-bond acceptors (Lipinski definition) is 7. The molecule has 5 rings (SSSR count). The highest BCUT2D eigenvalue weighted by molar-refractivity contribution is 5.84. The van der Waals surface area contributed by atoms with Crippen LogP contribution in [0.15, 0.2) is 70.1 Å². The van der Waals surface area contributed by atoms with Crippen LogP contribution in [0.5, 0.6) is 23.0 Å². The van der Waals surface area contributed by atoms with Crippen LogP contribution in [0.25, 0.3) is 11.0 Å². The Balaban J connectivity index is 1.60. The van der Waals surface area contributed by atoms with Gasteiger partial charge in [0, 0.05) is 25.5 Å². The fraction of sp³-hybridized carbons (Fsp3) is 0.231. The molecule has 0 unspecified atom stereocenters. The molecule has 2 aromatic heterocycles. The number of rotatable bonds is 6. The summed E-state index contributed by atoms with van der Waals surface area (Å²) in [5.74, 6) is -1.93. The lowest BCUT2D eigenvalue weighted by Gasteiger charge is -2.29. The molecule has 0 fully saturated rings. The first-order valence-electron chi connectivity index (χ1n) is 11.2. The molecule has 186 valence electrons. The van der Waals surface area contributed by atoms with Gasteiger partial charge < -0.3 is 18.6 Å². The molecule has 1 aliphatic heterocycles. The second-order valence-corrected chi connectivity index (χ2v) is 8.10. The van der Waals surface area contributed by atoms with E-state index in [1.807, 2.05) is 17.0 Å². The van der Waals surface area contributed by atoms with Crippen LogP contribution >= 0.6 is 0 Å². The van der Waals surface area contributed by atoms with Gasteiger partial charge >= 0.3 is 6.18 Å². The lowest BCUT2D eigenvalue weighted by atomic mass is 10.1. The Morgan fingerprint density at radius 3 is 2.53 bits per heavy atom. The fourth-order valence-corrected chi connectivity index (χ4v) is 4.04. The summed E-state index contributed by atoms with van der Waals surface area (Å²) in [6, 6.07) is 12.8. The molecule has 0 atom stereocenters. The number of benzene rings is 2. The molecule has 0 bridgehead atoms. The Morgan fingerprint density at radius 1 is 1.06 bits per heavy atom. The molecule has 2 aromatic carbocycles. The maximum absolute atomic E-state index is 14.1. The monoisotopic (exact) mass is 498 g/mol. The highest BCUT2D eigenvalue weighted by atomic mass is 19.4. The number of hydrogen-bond donors (Lipinski definition) is 0. The number of fused-ring (bicyclic) bond motifs is 3. The van der Waals surface area contributed by atoms with E-state index in [4.69, 9.17) is 18.6 Å². The van der Waals surface area contributed by atoms with Crippen molar-refractivity contribution in [3.8, 4) is 23.0 Å². The van der Waals surface area contributed by atoms with E-state index in [9.17, 15) is 18.0 Å². The Hall–Kier alpha value is -4.05. The van der Waals surface area contributed by atoms with Crippen molar-refractivity contribution in [3.05, 3.63) is 88.0 Å². The SMILES string of the molecule is CCOc1ccccc1Oc1c(C(F)(F)F)oc2c3c(ccc2c1=O)OCN(Cc1ccncc1)C3. The normalized spacial score (nSPS) is 13.8. The van der Waals surface area contributed by atoms with Crippen molar-refractivity contribution in [3.63, 3.8) is 0 Å². The van der Waals surface area contributed by atoms with E-state index in [0.29, 0.717) is 17.9 Å². The molecule has 0 radical (unpaired) electrons. The van der Waals surface area contributed by atoms with E-state index in [1.165, 1.54) is 12.1 Å². The van der Waals surface area contributed by atoms with Crippen molar-refractivity contribution in [2.75, 3.05) is 13.3 Å². The maximum atomic E-state index is 14.1. The third-order valence-electron chi connectivity index (χ3n) is 5.64. The van der Waals surface area contributed by atoms with E-state index >= 15 is 0 Å². The molecular weight excluding hydrogens is 477 g/mol. The van der Waals surface area contributed by atoms with Crippen LogP contribution in [0.2, 0.25) is 0 Å². The van der Waals surface area contributed by atoms with Gasteiger partial charge in [-0.05, 0) is 48.9 Å². The first-order chi connectivity index (χ1) is 17.3. The van der Waals surface area contributed by atoms with Crippen LogP contribution in [-0.2, 0) is 19.3 Å². The van der Waals surface area contributed by atoms with Crippen molar-refractivity contribution in [1.29, 1.82) is 0 Å². The molecule has 3 heterocycles. The summed E-state index contributed by atoms with van der Waals surface area (Å²) < 4.78 is 64.4. The number of ether oxygens (including phenoxy) is 3. The summed E-state index contributed by atoms with van der Waals surface area (Å²) in [6.07, 6.45) is -1.68. The van der Waals surface area contributed by atoms with Crippen molar-refractivity contribution >= 4 is 11.0 Å². The third-order valence-corrected chi connectivity index (χ3v) is 5.64. The van der Waals surface area contributed by atoms with Gasteiger partial charge in [-0.2, -0.15) is 13.2 Å². The minimum Gasteiger partial charge on any atom is -0.490 e. The van der Waals surface area contributed by atoms with Gasteiger partial charge in [-0.1, -0.05) is 12.1 Å². The molecule has 7 nitrogen and oxygen atoms in total. The fourth-order valence-electron chi connectivity index (χ4n) is 4.04. The molecule has 0 amide bonds. The van der Waals surface area contributed by atoms with E-state index in [0.717, 1.165) is 5.56 Å². The smallest absolute Gasteiger partial charge is 0.453 e. The molecule has 1 aliphatic rings. The van der Waals surface area contributed by atoms with Crippen molar-refractivity contribution in [1.82, 2.24) is 9.88 Å². The van der Waals surface area contributed by atoms with Crippen LogP contribution in [0.1, 0.15) is 23.8 Å². The number of nitrogens with zero attached hydrogens (tertiary/aromatic N) is 2. The Labute approximate surface area is 203 Å². The number of alkyl halides is 3. The minimum atomic E-state index is -4.99. The average Bonchev–Trinajstić information content (AvgIpc) is 2.86. The van der Waals surface area contributed by atoms with Crippen molar-refractivity contribution in [2.45, 2.75) is 26.2 Å². The minimum absolute atomic E-state index is 0.0266. The second kappa shape index (κ2) is 9.54. The molecule has 0 N–H and O–H groups in total. The lowest BCUT2D eigenvalue weighted by Crippen LogP contribution is -2.32. The second-order valence-electron chi connectivity index (χ2n) is 8.10. The van der Waals surface area contributed by atoms with Gasteiger partial charge in [-0.25, -0.2) is 0 Å². The number of para-hydroxylation sites is 2. The summed E-state index contributed by atoms with van der Waals surface area (Å²) >= 11 is 0. The molecule has 10 heteroatoms. The summed E-state index contributed by atoms with van der Waals surface area (Å²) in [4.78, 5) is 19.2. The molecule has 4 aromatic rings. The zero-order chi connectivity index (χ0) is 25.3. The largest absolute Gasteiger partial charge is 0.490 e. The number of aromatic nitrogens is 1. The highest BCUT2D eigenvalue weighted by Gasteiger charge is 2.41. The molecule has 0 saturated carbocycles. The van der Waals surface area contributed by atoms with Crippen LogP contribution in [0, 0.1) is 0 Å². The summed E-state index contributed by atoms with van der Waals surface area (Å²) in [7, 11) is 0. The molecule has 0 saturated heterocycles. The van der Waals surface area contributed by atoms with Crippen LogP contribution in [0.3, 0.4) is 0 Å². The van der Waals surface area contributed by atoms with Crippen LogP contribution in [-0.4, -0.2) is 23.2 Å². The highest BCUT2D eigenvalue weighted by Crippen LogP contribution is 2.42. The first kappa shape index (κ1) is 23.7. The zero-order valence-corrected chi connectivity index (χ0v) is 19.2. The maximum Gasteiger partial charge on any atom is 0.453 e. The van der Waals surface area contributed by atoms with Gasteiger partial charge in [0.15, 0.2) is 11.5 Å². The van der Waals surface area contributed by atoms with E-state index in [-0.39, 0.29) is 42.4 Å². The van der Waals surface area contributed by atoms with Gasteiger partial charge in [0.2, 0.25) is 11.2 Å². The van der Waals surface area contributed by atoms with Gasteiger partial charge in [0.05, 0.1) is 17.6 Å². The molecule has 0 spiro atoms. The third kappa shape index (κ3) is 4.59. The van der Waals surface area contributed by atoms with E-state index in [1.54, 1.807) is 43.6 Å². The summed E-state index contributed by atoms with van der Waals surface area (Å²) in [6.45, 7) is 2.92. The predicted molar refractivity (Wildman–Crippen MR) is 124 cm³/mol. The van der Waals surface area contributed by atoms with Gasteiger partial charge in [-0.15, -0.1) is 0 Å². The first-order valence-corrected chi connectivity index (χ1v) is 11.2. The van der Waals surface area contributed by atoms with E-state index in [2.05, 4.69) is 4.98 Å². The summed E-state index contributed by atoms with van der Waals surface area (Å²) in [5, 5.41) is -0.0417. The molecule has 0 aliphatic carbocycles. The Bertz CT molecular complexity index is 1450. The van der Waals surface area contributed by atoms with Crippen LogP contribution in [0.4, 0.5) is 13.2 Å². The molecule has 36 heavy (non-hydrogen) atoms. The van der Waals surface area contributed by atoms with Crippen LogP contribution < -0.4 is 19.6 Å². The Morgan fingerprint density at radius 2 is 1.81 bits per heavy atom.